The normalized spacial score (nSPS) is 14.8. The number of hydrogen-bond acceptors (Lipinski definition) is 6. The minimum absolute atomic E-state index is 0.108. The Morgan fingerprint density at radius 3 is 1.36 bits per heavy atom. The molecule has 0 saturated carbocycles. The highest BCUT2D eigenvalue weighted by Crippen LogP contribution is 2.40. The lowest BCUT2D eigenvalue weighted by atomic mass is 10.0. The first-order valence-electron chi connectivity index (χ1n) is 17.7. The molecular formula is C45H34N4O2S2. The van der Waals surface area contributed by atoms with Crippen molar-refractivity contribution in [2.24, 2.45) is 0 Å². The molecule has 6 nitrogen and oxygen atoms in total. The summed E-state index contributed by atoms with van der Waals surface area (Å²) in [7, 11) is 0. The standard InChI is InChI=1S/C45H34N4O2S2/c1-3-28-32-20-24-36(46-32)44-30-14-10-12-16-40(30)52-42(50)18-8-6-5-7-9-19-43(51)53-41-17-13-11-15-31(41)45(37-25-21-33(28)47-37)39-27-23-35(49-39)29(4-2)34-22-26-38(44)48-34/h1-2,10-17,20-27,46,49H,5-9,18-19H2. The Morgan fingerprint density at radius 1 is 0.509 bits per heavy atom. The predicted molar refractivity (Wildman–Crippen MR) is 220 cm³/mol. The highest BCUT2D eigenvalue weighted by molar-refractivity contribution is 8.14. The largest absolute Gasteiger partial charge is 0.354 e. The third kappa shape index (κ3) is 6.92. The number of benzene rings is 2. The molecule has 0 saturated heterocycles. The van der Waals surface area contributed by atoms with Gasteiger partial charge in [0.25, 0.3) is 0 Å². The van der Waals surface area contributed by atoms with Gasteiger partial charge in [-0.3, -0.25) is 9.59 Å². The lowest BCUT2D eigenvalue weighted by molar-refractivity contribution is -0.111. The van der Waals surface area contributed by atoms with Crippen LogP contribution in [0.5, 0.6) is 0 Å². The quantitative estimate of drug-likeness (QED) is 0.151. The van der Waals surface area contributed by atoms with Gasteiger partial charge >= 0.3 is 0 Å². The van der Waals surface area contributed by atoms with E-state index >= 15 is 0 Å². The number of carbonyl (C=O) groups excluding carboxylic acids is 2. The number of nitrogens with zero attached hydrogens (tertiary/aromatic N) is 2. The monoisotopic (exact) mass is 726 g/mol. The molecule has 10 bridgehead atoms. The number of terminal acetylenes is 2. The molecular weight excluding hydrogens is 693 g/mol. The van der Waals surface area contributed by atoms with E-state index in [1.165, 1.54) is 23.5 Å². The molecule has 0 aliphatic carbocycles. The van der Waals surface area contributed by atoms with Gasteiger partial charge in [0.1, 0.15) is 0 Å². The van der Waals surface area contributed by atoms with Crippen LogP contribution in [0, 0.1) is 24.7 Å². The van der Waals surface area contributed by atoms with Crippen LogP contribution in [0.25, 0.3) is 68.6 Å². The summed E-state index contributed by atoms with van der Waals surface area (Å²) < 4.78 is 0. The molecule has 4 aliphatic heterocycles. The van der Waals surface area contributed by atoms with Crippen LogP contribution in [-0.2, 0) is 9.59 Å². The van der Waals surface area contributed by atoms with Crippen molar-refractivity contribution in [2.75, 3.05) is 0 Å². The lowest BCUT2D eigenvalue weighted by Crippen LogP contribution is -1.96. The molecule has 2 N–H and O–H groups in total. The maximum atomic E-state index is 13.4. The lowest BCUT2D eigenvalue weighted by Gasteiger charge is -2.11. The molecule has 4 aliphatic rings. The van der Waals surface area contributed by atoms with E-state index in [0.29, 0.717) is 46.7 Å². The number of hydrogen-bond donors (Lipinski definition) is 2. The molecule has 9 rings (SSSR count). The Morgan fingerprint density at radius 2 is 0.906 bits per heavy atom. The zero-order valence-corrected chi connectivity index (χ0v) is 30.5. The molecule has 0 atom stereocenters. The summed E-state index contributed by atoms with van der Waals surface area (Å²) in [5.41, 5.74) is 10.3. The van der Waals surface area contributed by atoms with Crippen LogP contribution in [0.3, 0.4) is 0 Å². The fourth-order valence-electron chi connectivity index (χ4n) is 7.02. The molecule has 0 unspecified atom stereocenters. The third-order valence-electron chi connectivity index (χ3n) is 9.56. The van der Waals surface area contributed by atoms with E-state index in [2.05, 4.69) is 21.8 Å². The number of thioether (sulfide) groups is 2. The summed E-state index contributed by atoms with van der Waals surface area (Å²) in [4.78, 5) is 45.9. The van der Waals surface area contributed by atoms with Gasteiger partial charge < -0.3 is 9.97 Å². The maximum Gasteiger partial charge on any atom is 0.193 e. The topological polar surface area (TPSA) is 91.5 Å². The van der Waals surface area contributed by atoms with Gasteiger partial charge in [0, 0.05) is 44.8 Å². The number of aromatic amines is 2. The van der Waals surface area contributed by atoms with E-state index < -0.39 is 0 Å². The summed E-state index contributed by atoms with van der Waals surface area (Å²) in [5, 5.41) is 0.217. The summed E-state index contributed by atoms with van der Waals surface area (Å²) in [6.45, 7) is 0. The third-order valence-corrected chi connectivity index (χ3v) is 11.6. The van der Waals surface area contributed by atoms with Gasteiger partial charge in [-0.1, -0.05) is 91.0 Å². The van der Waals surface area contributed by atoms with E-state index in [0.717, 1.165) is 86.2 Å². The van der Waals surface area contributed by atoms with Gasteiger partial charge in [-0.2, -0.15) is 0 Å². The van der Waals surface area contributed by atoms with Crippen LogP contribution in [0.1, 0.15) is 78.8 Å². The Bertz CT molecular complexity index is 2450. The van der Waals surface area contributed by atoms with Gasteiger partial charge in [0.15, 0.2) is 10.2 Å². The minimum atomic E-state index is 0.108. The Labute approximate surface area is 316 Å². The second kappa shape index (κ2) is 15.0. The van der Waals surface area contributed by atoms with E-state index in [1.54, 1.807) is 0 Å². The van der Waals surface area contributed by atoms with Crippen molar-refractivity contribution in [3.8, 4) is 46.9 Å². The molecule has 2 aromatic carbocycles. The second-order valence-corrected chi connectivity index (χ2v) is 15.2. The number of fused-ring (bicyclic) bond motifs is 10. The molecule has 7 heterocycles. The SMILES string of the molecule is C#Cc1c2nc(c3c4ccc([nH]4)c(C#C)c4nc(c(c5ccc1[nH]5)-c1ccccc1SC(=O)CCCCCCCC(=O)Sc1ccccc1-3)C=C4)C=C2. The Hall–Kier alpha value is -5.80. The van der Waals surface area contributed by atoms with Crippen LogP contribution < -0.4 is 0 Å². The molecule has 0 radical (unpaired) electrons. The average molecular weight is 727 g/mol. The molecule has 258 valence electrons. The maximum absolute atomic E-state index is 13.4. The highest BCUT2D eigenvalue weighted by Gasteiger charge is 2.21. The van der Waals surface area contributed by atoms with Crippen LogP contribution in [0.4, 0.5) is 0 Å². The van der Waals surface area contributed by atoms with Crippen LogP contribution in [-0.4, -0.2) is 30.2 Å². The number of nitrogens with one attached hydrogen (secondary N) is 2. The molecule has 5 aromatic rings. The summed E-state index contributed by atoms with van der Waals surface area (Å²) >= 11 is 2.52. The molecule has 0 amide bonds. The summed E-state index contributed by atoms with van der Waals surface area (Å²) in [6.07, 6.45) is 25.7. The number of H-pyrrole nitrogens is 2. The summed E-state index contributed by atoms with van der Waals surface area (Å²) in [5.74, 6) is 5.78. The number of aromatic nitrogens is 4. The fraction of sp³-hybridized carbons (Fsp3) is 0.156. The first-order valence-corrected chi connectivity index (χ1v) is 19.3. The van der Waals surface area contributed by atoms with Gasteiger partial charge in [-0.15, -0.1) is 12.8 Å². The van der Waals surface area contributed by atoms with Crippen molar-refractivity contribution in [1.82, 2.24) is 19.9 Å². The van der Waals surface area contributed by atoms with Gasteiger partial charge in [-0.05, 0) is 84.7 Å². The minimum Gasteiger partial charge on any atom is -0.354 e. The van der Waals surface area contributed by atoms with Gasteiger partial charge in [-0.25, -0.2) is 9.97 Å². The second-order valence-electron chi connectivity index (χ2n) is 13.0. The van der Waals surface area contributed by atoms with Crippen LogP contribution >= 0.6 is 23.5 Å². The first-order chi connectivity index (χ1) is 26.0. The van der Waals surface area contributed by atoms with Crippen molar-refractivity contribution in [2.45, 2.75) is 54.7 Å². The van der Waals surface area contributed by atoms with Gasteiger partial charge in [0.2, 0.25) is 0 Å². The molecule has 0 spiro atoms. The van der Waals surface area contributed by atoms with Crippen molar-refractivity contribution < 1.29 is 9.59 Å². The van der Waals surface area contributed by atoms with E-state index in [4.69, 9.17) is 22.8 Å². The molecule has 0 fully saturated rings. The zero-order chi connectivity index (χ0) is 36.3. The van der Waals surface area contributed by atoms with Crippen molar-refractivity contribution in [3.05, 3.63) is 107 Å². The molecule has 3 aromatic heterocycles. The summed E-state index contributed by atoms with van der Waals surface area (Å²) in [6, 6.07) is 23.8. The van der Waals surface area contributed by atoms with E-state index in [-0.39, 0.29) is 10.2 Å². The van der Waals surface area contributed by atoms with E-state index in [1.807, 2.05) is 97.1 Å². The van der Waals surface area contributed by atoms with E-state index in [9.17, 15) is 9.59 Å². The predicted octanol–water partition coefficient (Wildman–Crippen LogP) is 10.9. The zero-order valence-electron chi connectivity index (χ0n) is 28.9. The van der Waals surface area contributed by atoms with Crippen molar-refractivity contribution >= 4 is 80.1 Å². The average Bonchev–Trinajstić information content (AvgIpc) is 4.00. The van der Waals surface area contributed by atoms with Crippen LogP contribution in [0.15, 0.2) is 82.6 Å². The van der Waals surface area contributed by atoms with Crippen LogP contribution in [0.2, 0.25) is 0 Å². The smallest absolute Gasteiger partial charge is 0.193 e. The van der Waals surface area contributed by atoms with Crippen molar-refractivity contribution in [3.63, 3.8) is 0 Å². The van der Waals surface area contributed by atoms with Gasteiger partial charge in [0.05, 0.1) is 44.9 Å². The Kier molecular flexibility index (Phi) is 9.74. The molecule has 8 heteroatoms. The highest BCUT2D eigenvalue weighted by atomic mass is 32.2. The van der Waals surface area contributed by atoms with Crippen molar-refractivity contribution in [1.29, 1.82) is 0 Å². The first kappa shape index (κ1) is 34.3. The Balaban J connectivity index is 1.48. The molecule has 53 heavy (non-hydrogen) atoms. The fourth-order valence-corrected chi connectivity index (χ4v) is 8.85. The number of rotatable bonds is 0. The number of carbonyl (C=O) groups is 2.